The second-order valence-corrected chi connectivity index (χ2v) is 7.41. The molecule has 0 atom stereocenters. The number of hydrogen-bond donors (Lipinski definition) is 1. The maximum Gasteiger partial charge on any atom is 0.284 e. The van der Waals surface area contributed by atoms with Crippen LogP contribution in [-0.2, 0) is 23.5 Å². The first-order valence-corrected chi connectivity index (χ1v) is 8.61. The van der Waals surface area contributed by atoms with Crippen molar-refractivity contribution >= 4 is 37.3 Å². The Labute approximate surface area is 130 Å². The molecule has 0 amide bonds. The fraction of sp³-hybridized carbons (Fsp3) is 0.333. The normalized spacial score (nSPS) is 15.0. The third-order valence-corrected chi connectivity index (χ3v) is 6.16. The molecule has 0 saturated carbocycles. The number of rotatable bonds is 2. The summed E-state index contributed by atoms with van der Waals surface area (Å²) in [6, 6.07) is 5.36. The summed E-state index contributed by atoms with van der Waals surface area (Å²) in [5.74, 6) is 0. The van der Waals surface area contributed by atoms with Gasteiger partial charge < -0.3 is 5.73 Å². The largest absolute Gasteiger partial charge is 0.399 e. The molecular weight excluding hydrogens is 358 g/mol. The van der Waals surface area contributed by atoms with E-state index < -0.39 is 10.0 Å². The van der Waals surface area contributed by atoms with Crippen molar-refractivity contribution < 1.29 is 8.42 Å². The second-order valence-electron chi connectivity index (χ2n) is 4.88. The van der Waals surface area contributed by atoms with E-state index in [1.165, 1.54) is 8.99 Å². The molecule has 0 spiro atoms. The summed E-state index contributed by atoms with van der Waals surface area (Å²) in [5, 5.41) is 7.53. The molecule has 1 aromatic heterocycles. The van der Waals surface area contributed by atoms with Crippen LogP contribution in [0, 0.1) is 0 Å². The molecule has 1 aliphatic rings. The number of hydrogen-bond acceptors (Lipinski definition) is 5. The lowest BCUT2D eigenvalue weighted by Crippen LogP contribution is -2.36. The maximum atomic E-state index is 12.9. The summed E-state index contributed by atoms with van der Waals surface area (Å²) < 4.78 is 28.7. The minimum Gasteiger partial charge on any atom is -0.399 e. The van der Waals surface area contributed by atoms with Crippen molar-refractivity contribution in [1.82, 2.24) is 15.0 Å². The monoisotopic (exact) mass is 371 g/mol. The summed E-state index contributed by atoms with van der Waals surface area (Å²) in [4.78, 5) is 0. The Hall–Kier alpha value is -1.61. The first-order valence-electron chi connectivity index (χ1n) is 6.37. The van der Waals surface area contributed by atoms with Gasteiger partial charge in [0, 0.05) is 19.3 Å². The van der Waals surface area contributed by atoms with Crippen LogP contribution in [0.25, 0.3) is 0 Å². The maximum absolute atomic E-state index is 12.9. The Bertz CT molecular complexity index is 782. The van der Waals surface area contributed by atoms with Crippen LogP contribution in [-0.4, -0.2) is 30.0 Å². The Kier molecular flexibility index (Phi) is 3.40. The van der Waals surface area contributed by atoms with Crippen LogP contribution in [0.3, 0.4) is 0 Å². The highest BCUT2D eigenvalue weighted by molar-refractivity contribution is 9.10. The molecule has 7 nitrogen and oxygen atoms in total. The lowest BCUT2D eigenvalue weighted by molar-refractivity contribution is 0.565. The average Bonchev–Trinajstić information content (AvgIpc) is 2.77. The van der Waals surface area contributed by atoms with Crippen LogP contribution >= 0.6 is 15.9 Å². The number of sulfonamides is 1. The van der Waals surface area contributed by atoms with Crippen molar-refractivity contribution in [3.63, 3.8) is 0 Å². The van der Waals surface area contributed by atoms with Crippen molar-refractivity contribution in [3.8, 4) is 0 Å². The number of anilines is 2. The average molecular weight is 372 g/mol. The van der Waals surface area contributed by atoms with Crippen LogP contribution in [0.1, 0.15) is 12.0 Å². The molecule has 0 aliphatic carbocycles. The van der Waals surface area contributed by atoms with Crippen molar-refractivity contribution in [2.24, 2.45) is 7.05 Å². The summed E-state index contributed by atoms with van der Waals surface area (Å²) in [5.41, 5.74) is 7.96. The SMILES string of the molecule is Cn1nnc(Br)c1S(=O)(=O)N1CCCc2ccc(N)cc21. The molecule has 2 heterocycles. The van der Waals surface area contributed by atoms with Gasteiger partial charge in [0.2, 0.25) is 5.03 Å². The predicted octanol–water partition coefficient (Wildman–Crippen LogP) is 1.30. The van der Waals surface area contributed by atoms with Crippen molar-refractivity contribution in [3.05, 3.63) is 28.4 Å². The van der Waals surface area contributed by atoms with Gasteiger partial charge in [0.15, 0.2) is 4.60 Å². The molecule has 1 aliphatic heterocycles. The first-order chi connectivity index (χ1) is 9.91. The van der Waals surface area contributed by atoms with E-state index in [-0.39, 0.29) is 9.63 Å². The molecule has 0 unspecified atom stereocenters. The molecule has 1 aromatic carbocycles. The van der Waals surface area contributed by atoms with Gasteiger partial charge in [-0.1, -0.05) is 11.3 Å². The fourth-order valence-corrected chi connectivity index (χ4v) is 5.08. The van der Waals surface area contributed by atoms with E-state index in [0.717, 1.165) is 18.4 Å². The van der Waals surface area contributed by atoms with Gasteiger partial charge in [0.05, 0.1) is 5.69 Å². The lowest BCUT2D eigenvalue weighted by Gasteiger charge is -2.30. The Morgan fingerprint density at radius 1 is 1.38 bits per heavy atom. The van der Waals surface area contributed by atoms with E-state index in [1.807, 2.05) is 6.07 Å². The number of nitrogens with zero attached hydrogens (tertiary/aromatic N) is 4. The van der Waals surface area contributed by atoms with E-state index in [9.17, 15) is 8.42 Å². The number of nitrogens with two attached hydrogens (primary N) is 1. The molecule has 9 heteroatoms. The quantitative estimate of drug-likeness (QED) is 0.802. The number of benzene rings is 1. The lowest BCUT2D eigenvalue weighted by atomic mass is 10.0. The third-order valence-electron chi connectivity index (χ3n) is 3.46. The standard InChI is InChI=1S/C12H14BrN5O2S/c1-17-12(11(13)15-16-17)21(19,20)18-6-2-3-8-4-5-9(14)7-10(8)18/h4-5,7H,2-3,6,14H2,1H3. The third kappa shape index (κ3) is 2.30. The minimum atomic E-state index is -3.74. The van der Waals surface area contributed by atoms with Crippen LogP contribution in [0.15, 0.2) is 27.8 Å². The topological polar surface area (TPSA) is 94.1 Å². The summed E-state index contributed by atoms with van der Waals surface area (Å²) in [7, 11) is -2.19. The predicted molar refractivity (Wildman–Crippen MR) is 82.4 cm³/mol. The van der Waals surface area contributed by atoms with E-state index >= 15 is 0 Å². The number of halogens is 1. The molecule has 2 N–H and O–H groups in total. The van der Waals surface area contributed by atoms with E-state index in [4.69, 9.17) is 5.73 Å². The first kappa shape index (κ1) is 14.3. The Morgan fingerprint density at radius 3 is 2.81 bits per heavy atom. The molecule has 0 radical (unpaired) electrons. The van der Waals surface area contributed by atoms with E-state index in [1.54, 1.807) is 19.2 Å². The highest BCUT2D eigenvalue weighted by Gasteiger charge is 2.34. The number of aryl methyl sites for hydroxylation is 2. The Morgan fingerprint density at radius 2 is 2.14 bits per heavy atom. The van der Waals surface area contributed by atoms with Gasteiger partial charge in [-0.3, -0.25) is 4.31 Å². The summed E-state index contributed by atoms with van der Waals surface area (Å²) in [6.07, 6.45) is 1.60. The number of fused-ring (bicyclic) bond motifs is 1. The zero-order valence-corrected chi connectivity index (χ0v) is 13.7. The van der Waals surface area contributed by atoms with Gasteiger partial charge >= 0.3 is 0 Å². The highest BCUT2D eigenvalue weighted by Crippen LogP contribution is 2.34. The fourth-order valence-electron chi connectivity index (χ4n) is 2.51. The van der Waals surface area contributed by atoms with Gasteiger partial charge in [-0.2, -0.15) is 8.42 Å². The number of nitrogen functional groups attached to an aromatic ring is 1. The molecule has 21 heavy (non-hydrogen) atoms. The second kappa shape index (κ2) is 4.99. The van der Waals surface area contributed by atoms with Gasteiger partial charge in [-0.05, 0) is 46.5 Å². The molecule has 0 saturated heterocycles. The van der Waals surface area contributed by atoms with E-state index in [2.05, 4.69) is 26.2 Å². The van der Waals surface area contributed by atoms with Gasteiger partial charge in [-0.25, -0.2) is 4.68 Å². The number of aromatic nitrogens is 3. The molecule has 2 aromatic rings. The molecule has 112 valence electrons. The van der Waals surface area contributed by atoms with Crippen LogP contribution in [0.5, 0.6) is 0 Å². The smallest absolute Gasteiger partial charge is 0.284 e. The van der Waals surface area contributed by atoms with Gasteiger partial charge in [0.25, 0.3) is 10.0 Å². The molecule has 0 fully saturated rings. The zero-order valence-electron chi connectivity index (χ0n) is 11.3. The van der Waals surface area contributed by atoms with Crippen molar-refractivity contribution in [2.45, 2.75) is 17.9 Å². The molecule has 3 rings (SSSR count). The van der Waals surface area contributed by atoms with Crippen LogP contribution in [0.4, 0.5) is 11.4 Å². The van der Waals surface area contributed by atoms with E-state index in [0.29, 0.717) is 17.9 Å². The Balaban J connectivity index is 2.16. The van der Waals surface area contributed by atoms with Crippen molar-refractivity contribution in [2.75, 3.05) is 16.6 Å². The van der Waals surface area contributed by atoms with Gasteiger partial charge in [0.1, 0.15) is 0 Å². The van der Waals surface area contributed by atoms with Gasteiger partial charge in [-0.15, -0.1) is 5.10 Å². The van der Waals surface area contributed by atoms with Crippen molar-refractivity contribution in [1.29, 1.82) is 0 Å². The summed E-state index contributed by atoms with van der Waals surface area (Å²) >= 11 is 3.15. The minimum absolute atomic E-state index is 0.0396. The summed E-state index contributed by atoms with van der Waals surface area (Å²) in [6.45, 7) is 0.413. The molecule has 0 bridgehead atoms. The van der Waals surface area contributed by atoms with Crippen LogP contribution in [0.2, 0.25) is 0 Å². The zero-order chi connectivity index (χ0) is 15.2. The highest BCUT2D eigenvalue weighted by atomic mass is 79.9. The van der Waals surface area contributed by atoms with Crippen LogP contribution < -0.4 is 10.0 Å². The molecular formula is C12H14BrN5O2S.